The third kappa shape index (κ3) is 8.80. The summed E-state index contributed by atoms with van der Waals surface area (Å²) in [4.78, 5) is 22.6. The molecule has 0 aromatic heterocycles. The molecule has 1 aliphatic rings. The van der Waals surface area contributed by atoms with Crippen LogP contribution in [0, 0.1) is 11.8 Å². The molecule has 1 unspecified atom stereocenters. The highest BCUT2D eigenvalue weighted by Gasteiger charge is 2.34. The van der Waals surface area contributed by atoms with Crippen molar-refractivity contribution in [3.05, 3.63) is 0 Å². The van der Waals surface area contributed by atoms with Gasteiger partial charge in [0.15, 0.2) is 0 Å². The number of carboxylic acids is 1. The number of ketones is 1. The SMILES string of the molecule is CCCCC(F)[C@H](O)CC[C@H]1CCC(=O)[C@@H]1CCCCCCC(=O)O. The molecule has 2 N–H and O–H groups in total. The fourth-order valence-corrected chi connectivity index (χ4v) is 3.87. The Bertz CT molecular complexity index is 399. The fraction of sp³-hybridized carbons (Fsp3) is 0.900. The van der Waals surface area contributed by atoms with Crippen molar-refractivity contribution in [2.75, 3.05) is 0 Å². The Morgan fingerprint density at radius 1 is 1.16 bits per heavy atom. The van der Waals surface area contributed by atoms with Gasteiger partial charge in [-0.15, -0.1) is 0 Å². The van der Waals surface area contributed by atoms with Gasteiger partial charge >= 0.3 is 5.97 Å². The Hall–Kier alpha value is -0.970. The summed E-state index contributed by atoms with van der Waals surface area (Å²) in [6.45, 7) is 2.01. The first kappa shape index (κ1) is 22.1. The standard InChI is InChI=1S/C20H35FO4/c1-2-3-9-17(21)19(23)14-12-15-11-13-18(22)16(15)8-6-4-5-7-10-20(24)25/h15-17,19,23H,2-14H2,1H3,(H,24,25)/t15-,16-,17?,19-/m1/s1. The number of carboxylic acid groups (broad SMARTS) is 1. The van der Waals surface area contributed by atoms with Gasteiger partial charge in [-0.25, -0.2) is 4.39 Å². The number of hydrogen-bond acceptors (Lipinski definition) is 3. The molecule has 146 valence electrons. The van der Waals surface area contributed by atoms with Gasteiger partial charge in [-0.1, -0.05) is 39.0 Å². The second kappa shape index (κ2) is 12.4. The molecule has 0 spiro atoms. The summed E-state index contributed by atoms with van der Waals surface area (Å²) in [6, 6.07) is 0. The monoisotopic (exact) mass is 358 g/mol. The lowest BCUT2D eigenvalue weighted by Gasteiger charge is -2.21. The van der Waals surface area contributed by atoms with Crippen LogP contribution in [0.25, 0.3) is 0 Å². The van der Waals surface area contributed by atoms with Crippen molar-refractivity contribution < 1.29 is 24.2 Å². The van der Waals surface area contributed by atoms with E-state index in [1.54, 1.807) is 0 Å². The molecule has 1 aliphatic carbocycles. The normalized spacial score (nSPS) is 22.9. The van der Waals surface area contributed by atoms with Crippen molar-refractivity contribution in [1.82, 2.24) is 0 Å². The number of alkyl halides is 1. The van der Waals surface area contributed by atoms with Crippen LogP contribution in [-0.4, -0.2) is 34.2 Å². The van der Waals surface area contributed by atoms with E-state index in [-0.39, 0.29) is 18.3 Å². The van der Waals surface area contributed by atoms with Crippen molar-refractivity contribution >= 4 is 11.8 Å². The summed E-state index contributed by atoms with van der Waals surface area (Å²) in [5.41, 5.74) is 0. The van der Waals surface area contributed by atoms with Crippen LogP contribution in [0.3, 0.4) is 0 Å². The van der Waals surface area contributed by atoms with Crippen molar-refractivity contribution in [3.63, 3.8) is 0 Å². The van der Waals surface area contributed by atoms with Gasteiger partial charge in [-0.2, -0.15) is 0 Å². The van der Waals surface area contributed by atoms with Crippen LogP contribution in [0.1, 0.15) is 90.4 Å². The number of rotatable bonds is 14. The number of halogens is 1. The number of aliphatic hydroxyl groups excluding tert-OH is 1. The quantitative estimate of drug-likeness (QED) is 0.442. The van der Waals surface area contributed by atoms with E-state index in [4.69, 9.17) is 5.11 Å². The van der Waals surface area contributed by atoms with Crippen LogP contribution in [0.2, 0.25) is 0 Å². The van der Waals surface area contributed by atoms with Gasteiger partial charge in [0, 0.05) is 18.8 Å². The zero-order valence-corrected chi connectivity index (χ0v) is 15.6. The van der Waals surface area contributed by atoms with E-state index >= 15 is 0 Å². The van der Waals surface area contributed by atoms with Crippen LogP contribution in [0.15, 0.2) is 0 Å². The van der Waals surface area contributed by atoms with E-state index in [2.05, 4.69) is 0 Å². The highest BCUT2D eigenvalue weighted by molar-refractivity contribution is 5.83. The van der Waals surface area contributed by atoms with E-state index < -0.39 is 18.2 Å². The van der Waals surface area contributed by atoms with E-state index in [1.165, 1.54) is 0 Å². The van der Waals surface area contributed by atoms with Crippen molar-refractivity contribution in [2.45, 2.75) is 103 Å². The first-order valence-corrected chi connectivity index (χ1v) is 10.0. The maximum Gasteiger partial charge on any atom is 0.303 e. The first-order valence-electron chi connectivity index (χ1n) is 10.0. The molecule has 5 heteroatoms. The molecule has 1 fully saturated rings. The average molecular weight is 358 g/mol. The minimum absolute atomic E-state index is 0.0559. The predicted molar refractivity (Wildman–Crippen MR) is 96.2 cm³/mol. The summed E-state index contributed by atoms with van der Waals surface area (Å²) in [5.74, 6) is -0.109. The smallest absolute Gasteiger partial charge is 0.303 e. The zero-order chi connectivity index (χ0) is 18.7. The molecule has 0 aliphatic heterocycles. The Morgan fingerprint density at radius 3 is 2.56 bits per heavy atom. The van der Waals surface area contributed by atoms with Gasteiger partial charge in [-0.05, 0) is 44.4 Å². The molecule has 25 heavy (non-hydrogen) atoms. The van der Waals surface area contributed by atoms with Gasteiger partial charge in [-0.3, -0.25) is 9.59 Å². The molecule has 0 saturated heterocycles. The molecule has 4 atom stereocenters. The van der Waals surface area contributed by atoms with E-state index in [0.717, 1.165) is 51.4 Å². The van der Waals surface area contributed by atoms with Crippen molar-refractivity contribution in [2.24, 2.45) is 11.8 Å². The number of Topliss-reactive ketones (excluding diaryl/α,β-unsaturated/α-hetero) is 1. The van der Waals surface area contributed by atoms with E-state index in [9.17, 15) is 19.1 Å². The van der Waals surface area contributed by atoms with Crippen LogP contribution in [0.4, 0.5) is 4.39 Å². The number of aliphatic carboxylic acids is 1. The second-order valence-electron chi connectivity index (χ2n) is 7.52. The summed E-state index contributed by atoms with van der Waals surface area (Å²) < 4.78 is 13.9. The number of aliphatic hydroxyl groups is 1. The third-order valence-electron chi connectivity index (χ3n) is 5.48. The van der Waals surface area contributed by atoms with Crippen LogP contribution in [-0.2, 0) is 9.59 Å². The Labute approximate surface area is 151 Å². The molecular formula is C20H35FO4. The minimum atomic E-state index is -1.15. The lowest BCUT2D eigenvalue weighted by Crippen LogP contribution is -2.24. The molecule has 4 nitrogen and oxygen atoms in total. The summed E-state index contributed by atoms with van der Waals surface area (Å²) in [6.07, 6.45) is 7.27. The maximum atomic E-state index is 13.9. The van der Waals surface area contributed by atoms with Gasteiger partial charge in [0.2, 0.25) is 0 Å². The molecular weight excluding hydrogens is 323 g/mol. The van der Waals surface area contributed by atoms with E-state index in [1.807, 2.05) is 6.92 Å². The highest BCUT2D eigenvalue weighted by Crippen LogP contribution is 2.36. The van der Waals surface area contributed by atoms with Crippen LogP contribution >= 0.6 is 0 Å². The summed E-state index contributed by atoms with van der Waals surface area (Å²) in [5, 5.41) is 18.6. The van der Waals surface area contributed by atoms with Gasteiger partial charge in [0.05, 0.1) is 6.10 Å². The molecule has 1 rings (SSSR count). The molecule has 0 amide bonds. The molecule has 0 aromatic carbocycles. The lowest BCUT2D eigenvalue weighted by molar-refractivity contribution is -0.137. The molecule has 0 heterocycles. The van der Waals surface area contributed by atoms with Crippen molar-refractivity contribution in [1.29, 1.82) is 0 Å². The Kier molecular flexibility index (Phi) is 10.9. The highest BCUT2D eigenvalue weighted by atomic mass is 19.1. The molecule has 0 radical (unpaired) electrons. The number of hydrogen-bond donors (Lipinski definition) is 2. The number of carbonyl (C=O) groups excluding carboxylic acids is 1. The van der Waals surface area contributed by atoms with Crippen molar-refractivity contribution in [3.8, 4) is 0 Å². The molecule has 0 bridgehead atoms. The molecule has 0 aromatic rings. The largest absolute Gasteiger partial charge is 0.481 e. The van der Waals surface area contributed by atoms with Crippen LogP contribution in [0.5, 0.6) is 0 Å². The first-order chi connectivity index (χ1) is 12.0. The lowest BCUT2D eigenvalue weighted by atomic mass is 9.85. The summed E-state index contributed by atoms with van der Waals surface area (Å²) >= 11 is 0. The van der Waals surface area contributed by atoms with E-state index in [0.29, 0.717) is 31.5 Å². The topological polar surface area (TPSA) is 74.6 Å². The Balaban J connectivity index is 2.26. The number of carbonyl (C=O) groups is 2. The second-order valence-corrected chi connectivity index (χ2v) is 7.52. The fourth-order valence-electron chi connectivity index (χ4n) is 3.87. The van der Waals surface area contributed by atoms with Crippen LogP contribution < -0.4 is 0 Å². The van der Waals surface area contributed by atoms with Gasteiger partial charge < -0.3 is 10.2 Å². The van der Waals surface area contributed by atoms with Gasteiger partial charge in [0.25, 0.3) is 0 Å². The third-order valence-corrected chi connectivity index (χ3v) is 5.48. The number of unbranched alkanes of at least 4 members (excludes halogenated alkanes) is 4. The maximum absolute atomic E-state index is 13.9. The van der Waals surface area contributed by atoms with Gasteiger partial charge in [0.1, 0.15) is 12.0 Å². The average Bonchev–Trinajstić information content (AvgIpc) is 2.93. The molecule has 1 saturated carbocycles. The summed E-state index contributed by atoms with van der Waals surface area (Å²) in [7, 11) is 0. The Morgan fingerprint density at radius 2 is 1.88 bits per heavy atom. The zero-order valence-electron chi connectivity index (χ0n) is 15.6. The predicted octanol–water partition coefficient (Wildman–Crippen LogP) is 4.68. The minimum Gasteiger partial charge on any atom is -0.481 e.